The molecule has 614 valence electrons. The second-order valence-corrected chi connectivity index (χ2v) is 33.3. The number of unbranched alkanes of at least 4 members (excludes halogenated alkanes) is 52. The van der Waals surface area contributed by atoms with Crippen LogP contribution in [0.25, 0.3) is 0 Å². The first kappa shape index (κ1) is 102. The summed E-state index contributed by atoms with van der Waals surface area (Å²) in [5.74, 6) is -1.32. The highest BCUT2D eigenvalue weighted by atomic mass is 31.2. The predicted molar refractivity (Wildman–Crippen MR) is 428 cm³/mol. The van der Waals surface area contributed by atoms with Crippen molar-refractivity contribution in [3.05, 3.63) is 24.3 Å². The maximum absolute atomic E-state index is 13.1. The second kappa shape index (κ2) is 77.3. The zero-order valence-corrected chi connectivity index (χ0v) is 69.4. The molecule has 5 atom stereocenters. The third kappa shape index (κ3) is 77.7. The molecule has 19 heteroatoms. The van der Waals surface area contributed by atoms with Gasteiger partial charge < -0.3 is 33.8 Å². The summed E-state index contributed by atoms with van der Waals surface area (Å²) in [5.41, 5.74) is 0. The molecule has 104 heavy (non-hydrogen) atoms. The Morgan fingerprint density at radius 3 is 0.788 bits per heavy atom. The number of phosphoric acid groups is 2. The van der Waals surface area contributed by atoms with Crippen LogP contribution in [0.15, 0.2) is 24.3 Å². The van der Waals surface area contributed by atoms with Crippen molar-refractivity contribution in [1.29, 1.82) is 0 Å². The Morgan fingerprint density at radius 2 is 0.519 bits per heavy atom. The Labute approximate surface area is 637 Å². The minimum atomic E-state index is -4.97. The number of hydrogen-bond donors (Lipinski definition) is 3. The average molecular weight is 1520 g/mol. The van der Waals surface area contributed by atoms with E-state index in [2.05, 4.69) is 58.9 Å². The van der Waals surface area contributed by atoms with Crippen LogP contribution in [0.3, 0.4) is 0 Å². The minimum absolute atomic E-state index is 0.0853. The summed E-state index contributed by atoms with van der Waals surface area (Å²) in [7, 11) is -9.93. The summed E-state index contributed by atoms with van der Waals surface area (Å²) in [6.45, 7) is 7.29. The molecule has 0 aromatic carbocycles. The van der Waals surface area contributed by atoms with Crippen LogP contribution >= 0.6 is 15.6 Å². The van der Waals surface area contributed by atoms with Crippen molar-refractivity contribution >= 4 is 39.5 Å². The van der Waals surface area contributed by atoms with Gasteiger partial charge in [0.2, 0.25) is 0 Å². The number of esters is 4. The standard InChI is InChI=1S/C85H162O17P2/c1-6-9-12-15-18-21-23-25-27-28-29-30-34-38-41-45-49-54-59-64-69-83(88)96-75-81(102-85(90)71-66-61-56-51-47-43-39-35-32-31-33-37-40-44-48-52-57-62-67-78(4)5)77-100-104(93,94)98-73-79(86)72-97-103(91,92)99-76-80(74-95-82(87)68-63-58-53-20-17-14-11-8-3)101-84(89)70-65-60-55-50-46-42-36-26-24-22-19-16-13-10-7-2/h22,24,26,36,78-81,86H,6-21,23,25,27-35,37-77H2,1-5H3,(H,91,92)(H,93,94)/b24-22-,36-26-/t79-,80+,81+/m0/s1. The number of rotatable bonds is 83. The summed E-state index contributed by atoms with van der Waals surface area (Å²) >= 11 is 0. The zero-order chi connectivity index (χ0) is 76.2. The largest absolute Gasteiger partial charge is 0.472 e. The number of hydrogen-bond acceptors (Lipinski definition) is 15. The molecule has 3 N–H and O–H groups in total. The van der Waals surface area contributed by atoms with Gasteiger partial charge in [-0.3, -0.25) is 37.3 Å². The molecule has 0 aliphatic carbocycles. The summed E-state index contributed by atoms with van der Waals surface area (Å²) in [4.78, 5) is 73.0. The number of ether oxygens (including phenoxy) is 4. The molecule has 0 aromatic rings. The molecule has 0 amide bonds. The van der Waals surface area contributed by atoms with Gasteiger partial charge in [0, 0.05) is 25.7 Å². The monoisotopic (exact) mass is 1520 g/mol. The van der Waals surface area contributed by atoms with Crippen molar-refractivity contribution in [2.45, 2.75) is 451 Å². The third-order valence-corrected chi connectivity index (χ3v) is 21.3. The van der Waals surface area contributed by atoms with Crippen LogP contribution in [0, 0.1) is 5.92 Å². The highest BCUT2D eigenvalue weighted by molar-refractivity contribution is 7.47. The number of allylic oxidation sites excluding steroid dienone is 4. The first-order valence-corrected chi connectivity index (χ1v) is 46.4. The number of carbonyl (C=O) groups is 4. The lowest BCUT2D eigenvalue weighted by Gasteiger charge is -2.21. The van der Waals surface area contributed by atoms with Gasteiger partial charge in [-0.15, -0.1) is 0 Å². The van der Waals surface area contributed by atoms with Gasteiger partial charge in [-0.05, 0) is 57.3 Å². The van der Waals surface area contributed by atoms with E-state index in [-0.39, 0.29) is 25.7 Å². The molecule has 0 fully saturated rings. The van der Waals surface area contributed by atoms with Gasteiger partial charge in [0.15, 0.2) is 12.2 Å². The van der Waals surface area contributed by atoms with Gasteiger partial charge in [-0.2, -0.15) is 0 Å². The molecule has 0 saturated heterocycles. The topological polar surface area (TPSA) is 237 Å². The molecule has 0 aliphatic rings. The van der Waals surface area contributed by atoms with Crippen LogP contribution in [0.2, 0.25) is 0 Å². The zero-order valence-electron chi connectivity index (χ0n) is 67.7. The molecule has 0 saturated carbocycles. The molecule has 0 radical (unpaired) electrons. The summed E-state index contributed by atoms with van der Waals surface area (Å²) in [6.07, 6.45) is 73.2. The van der Waals surface area contributed by atoms with Gasteiger partial charge >= 0.3 is 39.5 Å². The maximum atomic E-state index is 13.1. The van der Waals surface area contributed by atoms with E-state index in [4.69, 9.17) is 37.0 Å². The fraction of sp³-hybridized carbons (Fsp3) is 0.906. The molecular formula is C85H162O17P2. The van der Waals surface area contributed by atoms with E-state index in [9.17, 15) is 43.2 Å². The molecule has 17 nitrogen and oxygen atoms in total. The first-order chi connectivity index (χ1) is 50.5. The normalized spacial score (nSPS) is 13.9. The van der Waals surface area contributed by atoms with E-state index >= 15 is 0 Å². The molecular weight excluding hydrogens is 1350 g/mol. The first-order valence-electron chi connectivity index (χ1n) is 43.5. The van der Waals surface area contributed by atoms with Gasteiger partial charge in [-0.1, -0.05) is 380 Å². The fourth-order valence-electron chi connectivity index (χ4n) is 12.8. The Hall–Kier alpha value is -2.46. The Morgan fingerprint density at radius 1 is 0.298 bits per heavy atom. The van der Waals surface area contributed by atoms with Crippen LogP contribution in [-0.2, 0) is 65.4 Å². The lowest BCUT2D eigenvalue weighted by atomic mass is 10.0. The summed E-state index contributed by atoms with van der Waals surface area (Å²) < 4.78 is 68.7. The van der Waals surface area contributed by atoms with E-state index in [1.165, 1.54) is 238 Å². The van der Waals surface area contributed by atoms with Crippen molar-refractivity contribution < 1.29 is 80.2 Å². The van der Waals surface area contributed by atoms with Crippen LogP contribution in [-0.4, -0.2) is 96.7 Å². The SMILES string of the molecule is CCCCCC/C=C\C=C/CCCCCCCC(=O)O[C@H](COC(=O)CCCCCCCCCC)COP(=O)(O)OC[C@H](O)COP(=O)(O)OC[C@@H](COC(=O)CCCCCCCCCCCCCCCCCCCCCC)OC(=O)CCCCCCCCCCCCCCCCCCCCC(C)C. The van der Waals surface area contributed by atoms with Crippen molar-refractivity contribution in [2.24, 2.45) is 5.92 Å². The van der Waals surface area contributed by atoms with Gasteiger partial charge in [0.05, 0.1) is 26.4 Å². The van der Waals surface area contributed by atoms with Crippen molar-refractivity contribution in [1.82, 2.24) is 0 Å². The number of phosphoric ester groups is 2. The number of aliphatic hydroxyl groups is 1. The quantitative estimate of drug-likeness (QED) is 0.0169. The van der Waals surface area contributed by atoms with E-state index in [0.717, 1.165) is 115 Å². The fourth-order valence-corrected chi connectivity index (χ4v) is 14.3. The van der Waals surface area contributed by atoms with E-state index in [0.29, 0.717) is 25.7 Å². The van der Waals surface area contributed by atoms with Crippen LogP contribution in [0.1, 0.15) is 433 Å². The lowest BCUT2D eigenvalue weighted by molar-refractivity contribution is -0.161. The molecule has 0 heterocycles. The Kier molecular flexibility index (Phi) is 75.4. The van der Waals surface area contributed by atoms with E-state index in [1.54, 1.807) is 0 Å². The Bertz CT molecular complexity index is 2070. The summed E-state index contributed by atoms with van der Waals surface area (Å²) in [5, 5.41) is 10.6. The van der Waals surface area contributed by atoms with Gasteiger partial charge in [0.25, 0.3) is 0 Å². The molecule has 2 unspecified atom stereocenters. The van der Waals surface area contributed by atoms with Gasteiger partial charge in [-0.25, -0.2) is 9.13 Å². The second-order valence-electron chi connectivity index (χ2n) is 30.4. The predicted octanol–water partition coefficient (Wildman–Crippen LogP) is 25.5. The number of aliphatic hydroxyl groups excluding tert-OH is 1. The average Bonchev–Trinajstić information content (AvgIpc) is 0.916. The highest BCUT2D eigenvalue weighted by Crippen LogP contribution is 2.45. The number of carbonyl (C=O) groups excluding carboxylic acids is 4. The highest BCUT2D eigenvalue weighted by Gasteiger charge is 2.30. The minimum Gasteiger partial charge on any atom is -0.462 e. The maximum Gasteiger partial charge on any atom is 0.472 e. The third-order valence-electron chi connectivity index (χ3n) is 19.4. The van der Waals surface area contributed by atoms with Crippen molar-refractivity contribution in [3.8, 4) is 0 Å². The molecule has 0 aromatic heterocycles. The van der Waals surface area contributed by atoms with Crippen molar-refractivity contribution in [2.75, 3.05) is 39.6 Å². The molecule has 0 bridgehead atoms. The van der Waals surface area contributed by atoms with E-state index < -0.39 is 97.5 Å². The van der Waals surface area contributed by atoms with Crippen LogP contribution < -0.4 is 0 Å². The molecule has 0 rings (SSSR count). The Balaban J connectivity index is 5.21. The molecule has 0 aliphatic heterocycles. The molecule has 0 spiro atoms. The lowest BCUT2D eigenvalue weighted by Crippen LogP contribution is -2.30. The van der Waals surface area contributed by atoms with E-state index in [1.807, 2.05) is 0 Å². The van der Waals surface area contributed by atoms with Crippen LogP contribution in [0.4, 0.5) is 0 Å². The van der Waals surface area contributed by atoms with Gasteiger partial charge in [0.1, 0.15) is 19.3 Å². The summed E-state index contributed by atoms with van der Waals surface area (Å²) in [6, 6.07) is 0. The smallest absolute Gasteiger partial charge is 0.462 e. The van der Waals surface area contributed by atoms with Crippen LogP contribution in [0.5, 0.6) is 0 Å². The van der Waals surface area contributed by atoms with Crippen molar-refractivity contribution in [3.63, 3.8) is 0 Å².